The highest BCUT2D eigenvalue weighted by atomic mass is 32.1. The van der Waals surface area contributed by atoms with Crippen molar-refractivity contribution in [1.29, 1.82) is 0 Å². The highest BCUT2D eigenvalue weighted by Crippen LogP contribution is 2.17. The van der Waals surface area contributed by atoms with Gasteiger partial charge in [0.1, 0.15) is 0 Å². The maximum absolute atomic E-state index is 4.38. The third-order valence-electron chi connectivity index (χ3n) is 2.91. The molecule has 2 nitrogen and oxygen atoms in total. The van der Waals surface area contributed by atoms with E-state index in [1.165, 1.54) is 16.0 Å². The topological polar surface area (TPSA) is 24.9 Å². The van der Waals surface area contributed by atoms with E-state index in [1.54, 1.807) is 0 Å². The molecule has 0 bridgehead atoms. The summed E-state index contributed by atoms with van der Waals surface area (Å²) in [7, 11) is 0. The molecule has 1 N–H and O–H groups in total. The van der Waals surface area contributed by atoms with Gasteiger partial charge < -0.3 is 5.32 Å². The molecule has 0 aromatic carbocycles. The Morgan fingerprint density at radius 3 is 2.94 bits per heavy atom. The molecular weight excluding hydrogens is 228 g/mol. The SMILES string of the molecule is CCc1ccsc1CNCc1ncccc1C. The fourth-order valence-electron chi connectivity index (χ4n) is 1.84. The maximum atomic E-state index is 4.38. The first-order valence-electron chi connectivity index (χ1n) is 5.97. The van der Waals surface area contributed by atoms with Gasteiger partial charge in [-0.05, 0) is 42.0 Å². The summed E-state index contributed by atoms with van der Waals surface area (Å²) in [6.07, 6.45) is 2.97. The minimum atomic E-state index is 0.841. The summed E-state index contributed by atoms with van der Waals surface area (Å²) in [5.41, 5.74) is 3.85. The molecule has 0 spiro atoms. The minimum Gasteiger partial charge on any atom is -0.306 e. The number of aromatic nitrogens is 1. The number of hydrogen-bond donors (Lipinski definition) is 1. The van der Waals surface area contributed by atoms with E-state index in [-0.39, 0.29) is 0 Å². The summed E-state index contributed by atoms with van der Waals surface area (Å²) in [6.45, 7) is 6.09. The number of pyridine rings is 1. The molecule has 2 rings (SSSR count). The summed E-state index contributed by atoms with van der Waals surface area (Å²) in [6, 6.07) is 6.30. The third kappa shape index (κ3) is 3.14. The van der Waals surface area contributed by atoms with Crippen LogP contribution in [0.4, 0.5) is 0 Å². The van der Waals surface area contributed by atoms with E-state index in [9.17, 15) is 0 Å². The van der Waals surface area contributed by atoms with E-state index in [4.69, 9.17) is 0 Å². The average molecular weight is 246 g/mol. The van der Waals surface area contributed by atoms with Gasteiger partial charge in [-0.15, -0.1) is 11.3 Å². The van der Waals surface area contributed by atoms with Crippen molar-refractivity contribution < 1.29 is 0 Å². The van der Waals surface area contributed by atoms with Crippen LogP contribution in [0.25, 0.3) is 0 Å². The van der Waals surface area contributed by atoms with E-state index in [1.807, 2.05) is 23.6 Å². The summed E-state index contributed by atoms with van der Waals surface area (Å²) in [5, 5.41) is 5.64. The quantitative estimate of drug-likeness (QED) is 0.875. The summed E-state index contributed by atoms with van der Waals surface area (Å²) in [5.74, 6) is 0. The third-order valence-corrected chi connectivity index (χ3v) is 3.88. The lowest BCUT2D eigenvalue weighted by Gasteiger charge is -2.06. The van der Waals surface area contributed by atoms with Crippen molar-refractivity contribution in [1.82, 2.24) is 10.3 Å². The van der Waals surface area contributed by atoms with Gasteiger partial charge >= 0.3 is 0 Å². The lowest BCUT2D eigenvalue weighted by molar-refractivity contribution is 0.679. The van der Waals surface area contributed by atoms with Crippen LogP contribution in [0.1, 0.15) is 28.6 Å². The van der Waals surface area contributed by atoms with Gasteiger partial charge in [0.2, 0.25) is 0 Å². The summed E-state index contributed by atoms with van der Waals surface area (Å²) >= 11 is 1.83. The summed E-state index contributed by atoms with van der Waals surface area (Å²) < 4.78 is 0. The standard InChI is InChI=1S/C14H18N2S/c1-3-12-6-8-17-14(12)10-15-9-13-11(2)5-4-7-16-13/h4-8,15H,3,9-10H2,1-2H3. The molecule has 90 valence electrons. The van der Waals surface area contributed by atoms with Gasteiger partial charge in [0.05, 0.1) is 5.69 Å². The smallest absolute Gasteiger partial charge is 0.0570 e. The monoisotopic (exact) mass is 246 g/mol. The molecule has 17 heavy (non-hydrogen) atoms. The Hall–Kier alpha value is -1.19. The van der Waals surface area contributed by atoms with Crippen LogP contribution in [-0.2, 0) is 19.5 Å². The van der Waals surface area contributed by atoms with Crippen LogP contribution in [0.3, 0.4) is 0 Å². The molecule has 0 amide bonds. The van der Waals surface area contributed by atoms with Crippen LogP contribution in [0.2, 0.25) is 0 Å². The molecule has 2 heterocycles. The van der Waals surface area contributed by atoms with Gasteiger partial charge in [0.15, 0.2) is 0 Å². The normalized spacial score (nSPS) is 10.7. The van der Waals surface area contributed by atoms with Gasteiger partial charge in [0, 0.05) is 24.2 Å². The van der Waals surface area contributed by atoms with Crippen LogP contribution >= 0.6 is 11.3 Å². The van der Waals surface area contributed by atoms with Gasteiger partial charge in [-0.2, -0.15) is 0 Å². The molecule has 0 aliphatic heterocycles. The Labute approximate surface area is 107 Å². The van der Waals surface area contributed by atoms with E-state index in [0.717, 1.165) is 25.2 Å². The van der Waals surface area contributed by atoms with Crippen LogP contribution < -0.4 is 5.32 Å². The average Bonchev–Trinajstić information content (AvgIpc) is 2.79. The fourth-order valence-corrected chi connectivity index (χ4v) is 2.78. The Kier molecular flexibility index (Phi) is 4.29. The van der Waals surface area contributed by atoms with Crippen molar-refractivity contribution in [3.05, 3.63) is 51.5 Å². The first kappa shape index (κ1) is 12.3. The Bertz CT molecular complexity index is 477. The number of nitrogens with zero attached hydrogens (tertiary/aromatic N) is 1. The van der Waals surface area contributed by atoms with Crippen molar-refractivity contribution >= 4 is 11.3 Å². The lowest BCUT2D eigenvalue weighted by Crippen LogP contribution is -2.14. The number of nitrogens with one attached hydrogen (secondary N) is 1. The van der Waals surface area contributed by atoms with E-state index in [2.05, 4.69) is 41.7 Å². The lowest BCUT2D eigenvalue weighted by atomic mass is 10.2. The van der Waals surface area contributed by atoms with E-state index in [0.29, 0.717) is 0 Å². The fraction of sp³-hybridized carbons (Fsp3) is 0.357. The number of aryl methyl sites for hydroxylation is 2. The number of rotatable bonds is 5. The zero-order valence-electron chi connectivity index (χ0n) is 10.4. The second-order valence-corrected chi connectivity index (χ2v) is 5.09. The molecular formula is C14H18N2S. The molecule has 0 fully saturated rings. The Balaban J connectivity index is 1.90. The van der Waals surface area contributed by atoms with Crippen LogP contribution in [-0.4, -0.2) is 4.98 Å². The molecule has 0 radical (unpaired) electrons. The molecule has 0 saturated carbocycles. The van der Waals surface area contributed by atoms with E-state index >= 15 is 0 Å². The van der Waals surface area contributed by atoms with Crippen LogP contribution in [0, 0.1) is 6.92 Å². The molecule has 0 unspecified atom stereocenters. The zero-order chi connectivity index (χ0) is 12.1. The van der Waals surface area contributed by atoms with E-state index < -0.39 is 0 Å². The predicted octanol–water partition coefficient (Wildman–Crippen LogP) is 3.30. The molecule has 3 heteroatoms. The largest absolute Gasteiger partial charge is 0.306 e. The summed E-state index contributed by atoms with van der Waals surface area (Å²) in [4.78, 5) is 5.83. The first-order valence-corrected chi connectivity index (χ1v) is 6.85. The second kappa shape index (κ2) is 5.94. The number of hydrogen-bond acceptors (Lipinski definition) is 3. The highest BCUT2D eigenvalue weighted by Gasteiger charge is 2.03. The Morgan fingerprint density at radius 1 is 1.29 bits per heavy atom. The second-order valence-electron chi connectivity index (χ2n) is 4.09. The van der Waals surface area contributed by atoms with Gasteiger partial charge in [0.25, 0.3) is 0 Å². The van der Waals surface area contributed by atoms with Gasteiger partial charge in [-0.1, -0.05) is 13.0 Å². The molecule has 2 aromatic rings. The van der Waals surface area contributed by atoms with Crippen molar-refractivity contribution in [2.24, 2.45) is 0 Å². The predicted molar refractivity (Wildman–Crippen MR) is 73.2 cm³/mol. The molecule has 0 saturated heterocycles. The molecule has 0 aliphatic carbocycles. The van der Waals surface area contributed by atoms with Crippen LogP contribution in [0.5, 0.6) is 0 Å². The van der Waals surface area contributed by atoms with Crippen molar-refractivity contribution in [3.63, 3.8) is 0 Å². The van der Waals surface area contributed by atoms with Gasteiger partial charge in [-0.25, -0.2) is 0 Å². The molecule has 0 atom stereocenters. The highest BCUT2D eigenvalue weighted by molar-refractivity contribution is 7.10. The minimum absolute atomic E-state index is 0.841. The molecule has 0 aliphatic rings. The molecule has 2 aromatic heterocycles. The van der Waals surface area contributed by atoms with Gasteiger partial charge in [-0.3, -0.25) is 4.98 Å². The maximum Gasteiger partial charge on any atom is 0.0570 e. The van der Waals surface area contributed by atoms with Crippen molar-refractivity contribution in [2.75, 3.05) is 0 Å². The number of thiophene rings is 1. The zero-order valence-corrected chi connectivity index (χ0v) is 11.2. The Morgan fingerprint density at radius 2 is 2.18 bits per heavy atom. The van der Waals surface area contributed by atoms with Crippen molar-refractivity contribution in [2.45, 2.75) is 33.4 Å². The first-order chi connectivity index (χ1) is 8.31. The van der Waals surface area contributed by atoms with Crippen LogP contribution in [0.15, 0.2) is 29.8 Å². The van der Waals surface area contributed by atoms with Crippen molar-refractivity contribution in [3.8, 4) is 0 Å².